The third-order valence-corrected chi connectivity index (χ3v) is 4.88. The van der Waals surface area contributed by atoms with Crippen LogP contribution >= 0.6 is 0 Å². The van der Waals surface area contributed by atoms with Crippen LogP contribution in [0.1, 0.15) is 42.1 Å². The molecule has 7 nitrogen and oxygen atoms in total. The molecule has 0 radical (unpaired) electrons. The quantitative estimate of drug-likeness (QED) is 0.874. The lowest BCUT2D eigenvalue weighted by Crippen LogP contribution is -2.31. The monoisotopic (exact) mass is 340 g/mol. The van der Waals surface area contributed by atoms with Gasteiger partial charge in [-0.05, 0) is 58.0 Å². The van der Waals surface area contributed by atoms with Gasteiger partial charge >= 0.3 is 0 Å². The first-order valence-corrected chi connectivity index (χ1v) is 8.94. The molecule has 1 saturated carbocycles. The summed E-state index contributed by atoms with van der Waals surface area (Å²) in [5.41, 5.74) is 1.28. The van der Waals surface area contributed by atoms with Gasteiger partial charge in [-0.3, -0.25) is 9.48 Å². The third-order valence-electron chi connectivity index (χ3n) is 4.88. The van der Waals surface area contributed by atoms with Crippen molar-refractivity contribution in [3.05, 3.63) is 36.3 Å². The van der Waals surface area contributed by atoms with E-state index in [1.807, 2.05) is 16.9 Å². The van der Waals surface area contributed by atoms with Crippen molar-refractivity contribution in [2.75, 3.05) is 30.8 Å². The maximum Gasteiger partial charge on any atom is 0.257 e. The number of aromatic nitrogens is 3. The third kappa shape index (κ3) is 3.99. The second-order valence-electron chi connectivity index (χ2n) is 7.05. The van der Waals surface area contributed by atoms with Gasteiger partial charge in [0.15, 0.2) is 0 Å². The summed E-state index contributed by atoms with van der Waals surface area (Å²) in [6.07, 6.45) is 9.82. The zero-order chi connectivity index (χ0) is 17.2. The Morgan fingerprint density at radius 3 is 2.64 bits per heavy atom. The van der Waals surface area contributed by atoms with Crippen LogP contribution in [0.25, 0.3) is 0 Å². The number of pyridine rings is 1. The van der Waals surface area contributed by atoms with Crippen molar-refractivity contribution >= 4 is 17.4 Å². The summed E-state index contributed by atoms with van der Waals surface area (Å²) in [5, 5.41) is 10.6. The van der Waals surface area contributed by atoms with E-state index in [1.54, 1.807) is 18.5 Å². The van der Waals surface area contributed by atoms with E-state index in [-0.39, 0.29) is 5.91 Å². The summed E-state index contributed by atoms with van der Waals surface area (Å²) in [6, 6.07) is 4.62. The van der Waals surface area contributed by atoms with Gasteiger partial charge in [-0.1, -0.05) is 0 Å². The number of nitrogens with zero attached hydrogens (tertiary/aromatic N) is 4. The highest BCUT2D eigenvalue weighted by molar-refractivity contribution is 6.04. The van der Waals surface area contributed by atoms with Gasteiger partial charge in [-0.2, -0.15) is 5.10 Å². The molecule has 1 saturated heterocycles. The van der Waals surface area contributed by atoms with Crippen molar-refractivity contribution in [3.63, 3.8) is 0 Å². The van der Waals surface area contributed by atoms with Crippen LogP contribution in [0.2, 0.25) is 0 Å². The van der Waals surface area contributed by atoms with Gasteiger partial charge in [0.25, 0.3) is 5.91 Å². The van der Waals surface area contributed by atoms with Crippen LogP contribution < -0.4 is 10.6 Å². The molecule has 2 fully saturated rings. The van der Waals surface area contributed by atoms with Gasteiger partial charge in [0.2, 0.25) is 0 Å². The number of likely N-dealkylation sites (tertiary alicyclic amines) is 1. The standard InChI is InChI=1S/C18H24N6O/c1-23-8-6-16(7-9-23)24-12-15(11-20-24)22-18(25)13-2-5-17(19-10-13)21-14-3-4-14/h2,5,10-12,14,16H,3-4,6-9H2,1H3,(H,19,21)(H,22,25). The topological polar surface area (TPSA) is 75.1 Å². The number of carbonyl (C=O) groups excluding carboxylic acids is 1. The summed E-state index contributed by atoms with van der Waals surface area (Å²) in [6.45, 7) is 2.16. The SMILES string of the molecule is CN1CCC(n2cc(NC(=O)c3ccc(NC4CC4)nc3)cn2)CC1. The predicted molar refractivity (Wildman–Crippen MR) is 96.8 cm³/mol. The first-order chi connectivity index (χ1) is 12.2. The van der Waals surface area contributed by atoms with E-state index < -0.39 is 0 Å². The number of carbonyl (C=O) groups is 1. The van der Waals surface area contributed by atoms with Gasteiger partial charge in [-0.25, -0.2) is 4.98 Å². The lowest BCUT2D eigenvalue weighted by atomic mass is 10.1. The Kier molecular flexibility index (Phi) is 4.40. The Balaban J connectivity index is 1.35. The minimum absolute atomic E-state index is 0.159. The molecule has 0 aromatic carbocycles. The average molecular weight is 340 g/mol. The van der Waals surface area contributed by atoms with E-state index in [1.165, 1.54) is 12.8 Å². The van der Waals surface area contributed by atoms with E-state index in [9.17, 15) is 4.79 Å². The zero-order valence-corrected chi connectivity index (χ0v) is 14.5. The molecule has 3 heterocycles. The second-order valence-corrected chi connectivity index (χ2v) is 7.05. The van der Waals surface area contributed by atoms with Crippen LogP contribution in [-0.4, -0.2) is 51.8 Å². The number of hydrogen-bond acceptors (Lipinski definition) is 5. The summed E-state index contributed by atoms with van der Waals surface area (Å²) < 4.78 is 1.98. The van der Waals surface area contributed by atoms with Crippen LogP contribution in [-0.2, 0) is 0 Å². The fraction of sp³-hybridized carbons (Fsp3) is 0.500. The normalized spacial score (nSPS) is 18.9. The fourth-order valence-electron chi connectivity index (χ4n) is 3.12. The number of nitrogens with one attached hydrogen (secondary N) is 2. The van der Waals surface area contributed by atoms with Crippen molar-refractivity contribution in [2.24, 2.45) is 0 Å². The first-order valence-electron chi connectivity index (χ1n) is 8.94. The summed E-state index contributed by atoms with van der Waals surface area (Å²) in [7, 11) is 2.14. The van der Waals surface area contributed by atoms with Crippen LogP contribution in [0.3, 0.4) is 0 Å². The van der Waals surface area contributed by atoms with E-state index in [4.69, 9.17) is 0 Å². The molecular formula is C18H24N6O. The minimum atomic E-state index is -0.159. The average Bonchev–Trinajstić information content (AvgIpc) is 3.32. The van der Waals surface area contributed by atoms with Gasteiger partial charge < -0.3 is 15.5 Å². The largest absolute Gasteiger partial charge is 0.367 e. The fourth-order valence-corrected chi connectivity index (χ4v) is 3.12. The lowest BCUT2D eigenvalue weighted by Gasteiger charge is -2.28. The lowest BCUT2D eigenvalue weighted by molar-refractivity contribution is 0.102. The maximum absolute atomic E-state index is 12.4. The number of anilines is 2. The van der Waals surface area contributed by atoms with Crippen molar-refractivity contribution in [1.29, 1.82) is 0 Å². The molecule has 1 amide bonds. The van der Waals surface area contributed by atoms with Crippen LogP contribution in [0.4, 0.5) is 11.5 Å². The van der Waals surface area contributed by atoms with Crippen molar-refractivity contribution in [1.82, 2.24) is 19.7 Å². The van der Waals surface area contributed by atoms with Gasteiger partial charge in [-0.15, -0.1) is 0 Å². The first kappa shape index (κ1) is 16.1. The van der Waals surface area contributed by atoms with Crippen LogP contribution in [0.15, 0.2) is 30.7 Å². The predicted octanol–water partition coefficient (Wildman–Crippen LogP) is 2.37. The molecule has 2 N–H and O–H groups in total. The zero-order valence-electron chi connectivity index (χ0n) is 14.5. The highest BCUT2D eigenvalue weighted by atomic mass is 16.1. The Hall–Kier alpha value is -2.41. The number of rotatable bonds is 5. The van der Waals surface area contributed by atoms with Crippen molar-refractivity contribution < 1.29 is 4.79 Å². The van der Waals surface area contributed by atoms with Crippen LogP contribution in [0.5, 0.6) is 0 Å². The molecule has 132 valence electrons. The van der Waals surface area contributed by atoms with E-state index in [0.29, 0.717) is 17.6 Å². The molecule has 2 aromatic heterocycles. The maximum atomic E-state index is 12.4. The summed E-state index contributed by atoms with van der Waals surface area (Å²) in [5.74, 6) is 0.669. The Bertz CT molecular complexity index is 728. The molecule has 0 atom stereocenters. The molecular weight excluding hydrogens is 316 g/mol. The minimum Gasteiger partial charge on any atom is -0.367 e. The second kappa shape index (κ2) is 6.84. The molecule has 7 heteroatoms. The summed E-state index contributed by atoms with van der Waals surface area (Å²) >= 11 is 0. The van der Waals surface area contributed by atoms with Crippen molar-refractivity contribution in [2.45, 2.75) is 37.8 Å². The Labute approximate surface area is 147 Å². The number of amides is 1. The molecule has 0 bridgehead atoms. The molecule has 0 unspecified atom stereocenters. The molecule has 2 aromatic rings. The highest BCUT2D eigenvalue weighted by Gasteiger charge is 2.21. The summed E-state index contributed by atoms with van der Waals surface area (Å²) in [4.78, 5) is 19.0. The van der Waals surface area contributed by atoms with E-state index in [0.717, 1.165) is 37.4 Å². The van der Waals surface area contributed by atoms with Crippen LogP contribution in [0, 0.1) is 0 Å². The van der Waals surface area contributed by atoms with E-state index in [2.05, 4.69) is 32.7 Å². The highest BCUT2D eigenvalue weighted by Crippen LogP contribution is 2.24. The van der Waals surface area contributed by atoms with E-state index >= 15 is 0 Å². The Morgan fingerprint density at radius 2 is 1.96 bits per heavy atom. The molecule has 4 rings (SSSR count). The number of hydrogen-bond donors (Lipinski definition) is 2. The molecule has 1 aliphatic carbocycles. The van der Waals surface area contributed by atoms with Crippen molar-refractivity contribution in [3.8, 4) is 0 Å². The molecule has 2 aliphatic rings. The Morgan fingerprint density at radius 1 is 1.16 bits per heavy atom. The van der Waals surface area contributed by atoms with Gasteiger partial charge in [0.1, 0.15) is 5.82 Å². The number of piperidine rings is 1. The smallest absolute Gasteiger partial charge is 0.257 e. The molecule has 1 aliphatic heterocycles. The molecule has 0 spiro atoms. The van der Waals surface area contributed by atoms with Gasteiger partial charge in [0, 0.05) is 18.4 Å². The molecule has 25 heavy (non-hydrogen) atoms. The van der Waals surface area contributed by atoms with Gasteiger partial charge in [0.05, 0.1) is 23.5 Å².